The maximum absolute atomic E-state index is 14.3. The van der Waals surface area contributed by atoms with Gasteiger partial charge in [-0.15, -0.1) is 0 Å². The molecule has 0 radical (unpaired) electrons. The van der Waals surface area contributed by atoms with Crippen LogP contribution in [-0.4, -0.2) is 38.0 Å². The monoisotopic (exact) mass is 727 g/mol. The van der Waals surface area contributed by atoms with Crippen molar-refractivity contribution in [2.45, 2.75) is 31.3 Å². The lowest BCUT2D eigenvalue weighted by Crippen LogP contribution is -2.54. The molecular formula is C43H35ClFN3O5. The van der Waals surface area contributed by atoms with E-state index in [1.807, 2.05) is 48.5 Å². The minimum atomic E-state index is -0.822. The van der Waals surface area contributed by atoms with Crippen LogP contribution >= 0.6 is 11.6 Å². The first-order valence-corrected chi connectivity index (χ1v) is 17.9. The lowest BCUT2D eigenvalue weighted by atomic mass is 9.76. The van der Waals surface area contributed by atoms with E-state index in [1.54, 1.807) is 24.3 Å². The predicted octanol–water partition coefficient (Wildman–Crippen LogP) is 8.61. The van der Waals surface area contributed by atoms with Crippen LogP contribution in [0.5, 0.6) is 11.5 Å². The molecule has 53 heavy (non-hydrogen) atoms. The van der Waals surface area contributed by atoms with Gasteiger partial charge in [0.25, 0.3) is 11.8 Å². The van der Waals surface area contributed by atoms with E-state index in [-0.39, 0.29) is 46.4 Å². The first-order valence-electron chi connectivity index (χ1n) is 17.5. The molecule has 0 aromatic heterocycles. The van der Waals surface area contributed by atoms with Gasteiger partial charge in [0.05, 0.1) is 17.8 Å². The number of carbonyl (C=O) groups is 3. The van der Waals surface area contributed by atoms with Crippen LogP contribution in [0.25, 0.3) is 6.08 Å². The molecule has 0 aliphatic carbocycles. The number of hydrogen-bond donors (Lipinski definition) is 1. The zero-order chi connectivity index (χ0) is 36.6. The van der Waals surface area contributed by atoms with Crippen molar-refractivity contribution in [1.29, 1.82) is 0 Å². The summed E-state index contributed by atoms with van der Waals surface area (Å²) in [5, 5.41) is 2.56. The van der Waals surface area contributed by atoms with Gasteiger partial charge in [-0.1, -0.05) is 84.4 Å². The van der Waals surface area contributed by atoms with Gasteiger partial charge in [0.1, 0.15) is 18.0 Å². The van der Waals surface area contributed by atoms with Crippen LogP contribution in [0.1, 0.15) is 58.1 Å². The first kappa shape index (κ1) is 34.2. The molecule has 1 saturated heterocycles. The lowest BCUT2D eigenvalue weighted by molar-refractivity contribution is -0.122. The van der Waals surface area contributed by atoms with Crippen LogP contribution in [0, 0.1) is 5.82 Å². The van der Waals surface area contributed by atoms with Gasteiger partial charge in [0.2, 0.25) is 0 Å². The number of nitrogens with zero attached hydrogens (tertiary/aromatic N) is 2. The van der Waals surface area contributed by atoms with E-state index in [2.05, 4.69) is 34.5 Å². The molecule has 4 amide bonds. The van der Waals surface area contributed by atoms with Crippen LogP contribution in [0.4, 0.5) is 20.6 Å². The van der Waals surface area contributed by atoms with Crippen LogP contribution < -0.4 is 24.6 Å². The fourth-order valence-electron chi connectivity index (χ4n) is 7.73. The van der Waals surface area contributed by atoms with Crippen molar-refractivity contribution in [2.24, 2.45) is 0 Å². The largest absolute Gasteiger partial charge is 0.493 e. The second kappa shape index (κ2) is 14.2. The Morgan fingerprint density at radius 2 is 1.43 bits per heavy atom. The molecule has 2 atom stereocenters. The highest BCUT2D eigenvalue weighted by Crippen LogP contribution is 2.50. The molecular weight excluding hydrogens is 693 g/mol. The summed E-state index contributed by atoms with van der Waals surface area (Å²) in [6.07, 6.45) is 3.15. The van der Waals surface area contributed by atoms with Gasteiger partial charge >= 0.3 is 6.03 Å². The quantitative estimate of drug-likeness (QED) is 0.127. The molecule has 8 rings (SSSR count). The standard InChI is InChI=1S/C43H35ClFN3O5/c1-52-38-22-27(21-37(44)40(38)53-25-26-12-14-30(45)15-13-26)20-36-41(49)46-43(51)48(42(36)50)31-23-34-32(28-8-4-2-5-9-28)16-18-47-19-17-33(35(24-31)39(34)47)29-10-6-3-7-11-29/h2-15,20-24,32-33H,16-19,25H2,1H3,(H,46,49,51)/b36-20+/t32-,33-/m1/s1. The first-order chi connectivity index (χ1) is 25.8. The number of urea groups is 1. The van der Waals surface area contributed by atoms with E-state index in [1.165, 1.54) is 25.3 Å². The van der Waals surface area contributed by atoms with Crippen LogP contribution in [-0.2, 0) is 16.2 Å². The molecule has 3 heterocycles. The summed E-state index contributed by atoms with van der Waals surface area (Å²) in [5.74, 6) is -1.33. The fraction of sp³-hybridized carbons (Fsp3) is 0.186. The Morgan fingerprint density at radius 1 is 0.830 bits per heavy atom. The topological polar surface area (TPSA) is 88.2 Å². The minimum Gasteiger partial charge on any atom is -0.493 e. The molecule has 3 aliphatic heterocycles. The Labute approximate surface area is 311 Å². The number of methoxy groups -OCH3 is 1. The number of nitrogens with one attached hydrogen (secondary N) is 1. The van der Waals surface area contributed by atoms with E-state index < -0.39 is 17.8 Å². The molecule has 1 N–H and O–H groups in total. The summed E-state index contributed by atoms with van der Waals surface area (Å²) in [6, 6.07) is 32.7. The number of benzene rings is 5. The third-order valence-electron chi connectivity index (χ3n) is 10.2. The summed E-state index contributed by atoms with van der Waals surface area (Å²) < 4.78 is 24.9. The lowest BCUT2D eigenvalue weighted by Gasteiger charge is -2.44. The summed E-state index contributed by atoms with van der Waals surface area (Å²) in [6.45, 7) is 1.89. The van der Waals surface area contributed by atoms with E-state index >= 15 is 0 Å². The smallest absolute Gasteiger partial charge is 0.335 e. The average Bonchev–Trinajstić information content (AvgIpc) is 3.17. The highest BCUT2D eigenvalue weighted by atomic mass is 35.5. The van der Waals surface area contributed by atoms with Crippen LogP contribution in [0.2, 0.25) is 5.02 Å². The minimum absolute atomic E-state index is 0.0497. The molecule has 0 bridgehead atoms. The van der Waals surface area contributed by atoms with Crippen molar-refractivity contribution in [1.82, 2.24) is 5.32 Å². The Hall–Kier alpha value is -5.93. The molecule has 0 saturated carbocycles. The maximum Gasteiger partial charge on any atom is 0.335 e. The molecule has 5 aromatic rings. The summed E-state index contributed by atoms with van der Waals surface area (Å²) in [5.41, 5.74) is 6.83. The average molecular weight is 728 g/mol. The highest BCUT2D eigenvalue weighted by molar-refractivity contribution is 6.39. The second-order valence-corrected chi connectivity index (χ2v) is 13.8. The van der Waals surface area contributed by atoms with Gasteiger partial charge in [0.15, 0.2) is 11.5 Å². The van der Waals surface area contributed by atoms with Gasteiger partial charge in [0, 0.05) is 30.6 Å². The summed E-state index contributed by atoms with van der Waals surface area (Å²) >= 11 is 6.64. The number of barbiturate groups is 1. The van der Waals surface area contributed by atoms with Crippen molar-refractivity contribution < 1.29 is 28.2 Å². The Bertz CT molecular complexity index is 2190. The number of rotatable bonds is 8. The number of anilines is 2. The van der Waals surface area contributed by atoms with Crippen molar-refractivity contribution in [2.75, 3.05) is 30.0 Å². The number of ether oxygens (including phenoxy) is 2. The number of imide groups is 2. The van der Waals surface area contributed by atoms with Crippen LogP contribution in [0.15, 0.2) is 115 Å². The molecule has 8 nitrogen and oxygen atoms in total. The van der Waals surface area contributed by atoms with E-state index in [0.717, 1.165) is 64.3 Å². The molecule has 3 aliphatic rings. The third-order valence-corrected chi connectivity index (χ3v) is 10.5. The molecule has 0 spiro atoms. The van der Waals surface area contributed by atoms with Gasteiger partial charge in [-0.05, 0) is 88.7 Å². The van der Waals surface area contributed by atoms with Crippen molar-refractivity contribution >= 4 is 46.9 Å². The highest BCUT2D eigenvalue weighted by Gasteiger charge is 2.40. The molecule has 266 valence electrons. The number of amides is 4. The van der Waals surface area contributed by atoms with Gasteiger partial charge in [-0.25, -0.2) is 14.1 Å². The number of carbonyl (C=O) groups excluding carboxylic acids is 3. The second-order valence-electron chi connectivity index (χ2n) is 13.4. The number of halogens is 2. The Morgan fingerprint density at radius 3 is 2.02 bits per heavy atom. The molecule has 0 unspecified atom stereocenters. The van der Waals surface area contributed by atoms with Crippen LogP contribution in [0.3, 0.4) is 0 Å². The van der Waals surface area contributed by atoms with Gasteiger partial charge < -0.3 is 14.4 Å². The van der Waals surface area contributed by atoms with E-state index in [0.29, 0.717) is 11.3 Å². The molecule has 1 fully saturated rings. The summed E-state index contributed by atoms with van der Waals surface area (Å²) in [7, 11) is 1.45. The SMILES string of the molecule is COc1cc(/C=C2\C(=O)NC(=O)N(c3cc4c5c(c3)[C@@H](c3ccccc3)CCN5CC[C@@H]4c3ccccc3)C2=O)cc(Cl)c1OCc1ccc(F)cc1. The van der Waals surface area contributed by atoms with Crippen molar-refractivity contribution in [3.05, 3.63) is 159 Å². The molecule has 5 aromatic carbocycles. The zero-order valence-corrected chi connectivity index (χ0v) is 29.6. The molecule has 10 heteroatoms. The Balaban J connectivity index is 1.18. The van der Waals surface area contributed by atoms with Gasteiger partial charge in [-0.2, -0.15) is 0 Å². The third kappa shape index (κ3) is 6.53. The fourth-order valence-corrected chi connectivity index (χ4v) is 8.00. The number of hydrogen-bond acceptors (Lipinski definition) is 6. The maximum atomic E-state index is 14.3. The van der Waals surface area contributed by atoms with E-state index in [9.17, 15) is 18.8 Å². The zero-order valence-electron chi connectivity index (χ0n) is 28.9. The Kier molecular flexibility index (Phi) is 9.18. The predicted molar refractivity (Wildman–Crippen MR) is 202 cm³/mol. The van der Waals surface area contributed by atoms with Gasteiger partial charge in [-0.3, -0.25) is 14.9 Å². The normalized spacial score (nSPS) is 18.8. The van der Waals surface area contributed by atoms with Crippen molar-refractivity contribution in [3.8, 4) is 11.5 Å². The van der Waals surface area contributed by atoms with E-state index in [4.69, 9.17) is 21.1 Å². The summed E-state index contributed by atoms with van der Waals surface area (Å²) in [4.78, 5) is 44.7. The van der Waals surface area contributed by atoms with Crippen molar-refractivity contribution in [3.63, 3.8) is 0 Å².